The summed E-state index contributed by atoms with van der Waals surface area (Å²) in [7, 11) is 0. The molecular weight excluding hydrogens is 394 g/mol. The largest absolute Gasteiger partial charge is 0.459 e. The van der Waals surface area contributed by atoms with Gasteiger partial charge in [-0.2, -0.15) is 0 Å². The van der Waals surface area contributed by atoms with Crippen molar-refractivity contribution in [2.45, 2.75) is 58.0 Å². The molecule has 0 saturated carbocycles. The average molecular weight is 420 g/mol. The quantitative estimate of drug-likeness (QED) is 0.263. The third-order valence-corrected chi connectivity index (χ3v) is 4.73. The van der Waals surface area contributed by atoms with Crippen molar-refractivity contribution >= 4 is 21.9 Å². The average Bonchev–Trinajstić information content (AvgIpc) is 3.11. The van der Waals surface area contributed by atoms with E-state index >= 15 is 0 Å². The molecule has 0 N–H and O–H groups in total. The minimum absolute atomic E-state index is 0.158. The van der Waals surface area contributed by atoms with E-state index in [2.05, 4.69) is 32.8 Å². The van der Waals surface area contributed by atoms with E-state index in [9.17, 15) is 4.79 Å². The van der Waals surface area contributed by atoms with Crippen LogP contribution in [-0.2, 0) is 16.1 Å². The third-order valence-electron chi connectivity index (χ3n) is 4.06. The van der Waals surface area contributed by atoms with Gasteiger partial charge < -0.3 is 4.74 Å². The summed E-state index contributed by atoms with van der Waals surface area (Å²) in [6.07, 6.45) is 12.1. The Morgan fingerprint density at radius 2 is 1.88 bits per heavy atom. The molecule has 0 amide bonds. The topological polar surface area (TPSA) is 57.0 Å². The van der Waals surface area contributed by atoms with E-state index in [4.69, 9.17) is 4.74 Å². The molecule has 0 spiro atoms. The second-order valence-corrected chi connectivity index (χ2v) is 7.07. The second-order valence-electron chi connectivity index (χ2n) is 6.22. The summed E-state index contributed by atoms with van der Waals surface area (Å²) < 4.78 is 7.88. The maximum Gasteiger partial charge on any atom is 0.306 e. The van der Waals surface area contributed by atoms with Gasteiger partial charge in [0.1, 0.15) is 12.3 Å². The molecule has 140 valence electrons. The monoisotopic (exact) mass is 419 g/mol. The zero-order valence-electron chi connectivity index (χ0n) is 15.1. The number of hydrogen-bond donors (Lipinski definition) is 0. The minimum atomic E-state index is -0.174. The van der Waals surface area contributed by atoms with E-state index in [0.717, 1.165) is 29.4 Å². The molecule has 0 aliphatic heterocycles. The zero-order valence-corrected chi connectivity index (χ0v) is 16.7. The highest BCUT2D eigenvalue weighted by Crippen LogP contribution is 2.19. The summed E-state index contributed by atoms with van der Waals surface area (Å²) in [4.78, 5) is 11.8. The van der Waals surface area contributed by atoms with Gasteiger partial charge in [-0.3, -0.25) is 4.79 Å². The standard InChI is InChI=1S/C20H26BrN3O2/c1-2-3-4-5-6-7-8-9-14-20(25)26-16-17-15-24(23-22-17)19-13-11-10-12-18(19)21/h2,10-13,15H,1,3-9,14,16H2. The maximum absolute atomic E-state index is 11.8. The molecule has 1 aromatic heterocycles. The highest BCUT2D eigenvalue weighted by Gasteiger charge is 2.08. The van der Waals surface area contributed by atoms with Gasteiger partial charge in [0.2, 0.25) is 0 Å². The molecular formula is C20H26BrN3O2. The van der Waals surface area contributed by atoms with Crippen molar-refractivity contribution in [1.29, 1.82) is 0 Å². The van der Waals surface area contributed by atoms with Gasteiger partial charge in [-0.1, -0.05) is 49.1 Å². The number of benzene rings is 1. The van der Waals surface area contributed by atoms with Crippen LogP contribution in [0.4, 0.5) is 0 Å². The SMILES string of the molecule is C=CCCCCCCCCC(=O)OCc1cn(-c2ccccc2Br)nn1. The van der Waals surface area contributed by atoms with Crippen molar-refractivity contribution in [2.24, 2.45) is 0 Å². The van der Waals surface area contributed by atoms with E-state index in [-0.39, 0.29) is 12.6 Å². The van der Waals surface area contributed by atoms with Crippen LogP contribution in [0, 0.1) is 0 Å². The minimum Gasteiger partial charge on any atom is -0.459 e. The summed E-state index contributed by atoms with van der Waals surface area (Å²) in [6.45, 7) is 3.88. The van der Waals surface area contributed by atoms with Crippen LogP contribution in [0.5, 0.6) is 0 Å². The van der Waals surface area contributed by atoms with Gasteiger partial charge in [0.25, 0.3) is 0 Å². The van der Waals surface area contributed by atoms with Gasteiger partial charge in [0, 0.05) is 10.9 Å². The number of carbonyl (C=O) groups is 1. The Kier molecular flexibility index (Phi) is 9.10. The Hall–Kier alpha value is -1.95. The van der Waals surface area contributed by atoms with Gasteiger partial charge >= 0.3 is 5.97 Å². The summed E-state index contributed by atoms with van der Waals surface area (Å²) in [5.41, 5.74) is 1.53. The van der Waals surface area contributed by atoms with Crippen LogP contribution < -0.4 is 0 Å². The smallest absolute Gasteiger partial charge is 0.306 e. The molecule has 0 saturated heterocycles. The lowest BCUT2D eigenvalue weighted by Gasteiger charge is -2.03. The van der Waals surface area contributed by atoms with Gasteiger partial charge in [-0.15, -0.1) is 11.7 Å². The molecule has 0 unspecified atom stereocenters. The number of halogens is 1. The van der Waals surface area contributed by atoms with Crippen LogP contribution in [0.3, 0.4) is 0 Å². The normalized spacial score (nSPS) is 10.7. The number of carbonyl (C=O) groups excluding carboxylic acids is 1. The van der Waals surface area contributed by atoms with E-state index < -0.39 is 0 Å². The predicted octanol–water partition coefficient (Wildman–Crippen LogP) is 5.38. The lowest BCUT2D eigenvalue weighted by Crippen LogP contribution is -2.04. The first-order valence-electron chi connectivity index (χ1n) is 9.13. The molecule has 0 atom stereocenters. The van der Waals surface area contributed by atoms with Crippen LogP contribution in [0.1, 0.15) is 57.1 Å². The Balaban J connectivity index is 1.62. The van der Waals surface area contributed by atoms with E-state index in [0.29, 0.717) is 12.1 Å². The van der Waals surface area contributed by atoms with Crippen molar-refractivity contribution < 1.29 is 9.53 Å². The summed E-state index contributed by atoms with van der Waals surface area (Å²) >= 11 is 3.48. The molecule has 6 heteroatoms. The van der Waals surface area contributed by atoms with Crippen molar-refractivity contribution in [3.05, 3.63) is 53.3 Å². The van der Waals surface area contributed by atoms with Gasteiger partial charge in [-0.25, -0.2) is 4.68 Å². The number of rotatable bonds is 12. The maximum atomic E-state index is 11.8. The molecule has 1 aromatic carbocycles. The van der Waals surface area contributed by atoms with E-state index in [1.165, 1.54) is 25.7 Å². The molecule has 1 heterocycles. The summed E-state index contributed by atoms with van der Waals surface area (Å²) in [5, 5.41) is 8.14. The van der Waals surface area contributed by atoms with Gasteiger partial charge in [-0.05, 0) is 47.3 Å². The molecule has 26 heavy (non-hydrogen) atoms. The number of aromatic nitrogens is 3. The number of unbranched alkanes of at least 4 members (excludes halogenated alkanes) is 6. The lowest BCUT2D eigenvalue weighted by molar-refractivity contribution is -0.145. The Morgan fingerprint density at radius 3 is 2.65 bits per heavy atom. The lowest BCUT2D eigenvalue weighted by atomic mass is 10.1. The molecule has 2 aromatic rings. The second kappa shape index (κ2) is 11.6. The fourth-order valence-corrected chi connectivity index (χ4v) is 3.08. The van der Waals surface area contributed by atoms with Crippen molar-refractivity contribution in [1.82, 2.24) is 15.0 Å². The Morgan fingerprint density at radius 1 is 1.15 bits per heavy atom. The number of esters is 1. The van der Waals surface area contributed by atoms with Gasteiger partial charge in [0.15, 0.2) is 0 Å². The highest BCUT2D eigenvalue weighted by atomic mass is 79.9. The zero-order chi connectivity index (χ0) is 18.6. The van der Waals surface area contributed by atoms with E-state index in [1.807, 2.05) is 30.3 Å². The predicted molar refractivity (Wildman–Crippen MR) is 106 cm³/mol. The number of hydrogen-bond acceptors (Lipinski definition) is 4. The molecule has 0 fully saturated rings. The van der Waals surface area contributed by atoms with Crippen LogP contribution in [0.25, 0.3) is 5.69 Å². The summed E-state index contributed by atoms with van der Waals surface area (Å²) in [5.74, 6) is -0.174. The van der Waals surface area contributed by atoms with Crippen molar-refractivity contribution in [3.8, 4) is 5.69 Å². The van der Waals surface area contributed by atoms with Crippen LogP contribution in [0.15, 0.2) is 47.6 Å². The number of ether oxygens (including phenoxy) is 1. The fourth-order valence-electron chi connectivity index (χ4n) is 2.61. The third kappa shape index (κ3) is 7.12. The van der Waals surface area contributed by atoms with Crippen LogP contribution in [-0.4, -0.2) is 21.0 Å². The van der Waals surface area contributed by atoms with E-state index in [1.54, 1.807) is 10.9 Å². The first kappa shape index (κ1) is 20.4. The highest BCUT2D eigenvalue weighted by molar-refractivity contribution is 9.10. The molecule has 0 aliphatic carbocycles. The Bertz CT molecular complexity index is 700. The molecule has 0 bridgehead atoms. The fraction of sp³-hybridized carbons (Fsp3) is 0.450. The molecule has 0 aliphatic rings. The molecule has 5 nitrogen and oxygen atoms in total. The molecule has 2 rings (SSSR count). The first-order valence-corrected chi connectivity index (χ1v) is 9.92. The Labute approximate surface area is 163 Å². The van der Waals surface area contributed by atoms with Crippen molar-refractivity contribution in [3.63, 3.8) is 0 Å². The number of nitrogens with zero attached hydrogens (tertiary/aromatic N) is 3. The first-order chi connectivity index (χ1) is 12.7. The summed E-state index contributed by atoms with van der Waals surface area (Å²) in [6, 6.07) is 7.75. The van der Waals surface area contributed by atoms with Gasteiger partial charge in [0.05, 0.1) is 11.9 Å². The van der Waals surface area contributed by atoms with Crippen LogP contribution in [0.2, 0.25) is 0 Å². The van der Waals surface area contributed by atoms with Crippen molar-refractivity contribution in [2.75, 3.05) is 0 Å². The molecule has 0 radical (unpaired) electrons. The van der Waals surface area contributed by atoms with Crippen LogP contribution >= 0.6 is 15.9 Å². The number of allylic oxidation sites excluding steroid dienone is 1. The number of para-hydroxylation sites is 1.